The van der Waals surface area contributed by atoms with Crippen LogP contribution in [0.3, 0.4) is 0 Å². The van der Waals surface area contributed by atoms with E-state index < -0.39 is 10.0 Å². The number of rotatable bonds is 4. The molecule has 1 aliphatic heterocycles. The van der Waals surface area contributed by atoms with Crippen molar-refractivity contribution in [2.75, 3.05) is 13.1 Å². The van der Waals surface area contributed by atoms with E-state index in [2.05, 4.69) is 11.4 Å². The fraction of sp³-hybridized carbons (Fsp3) is 0.435. The maximum atomic E-state index is 13.3. The minimum Gasteiger partial charge on any atom is -0.373 e. The van der Waals surface area contributed by atoms with Gasteiger partial charge in [0.05, 0.1) is 23.3 Å². The fourth-order valence-corrected chi connectivity index (χ4v) is 6.54. The second kappa shape index (κ2) is 8.90. The van der Waals surface area contributed by atoms with E-state index in [0.717, 1.165) is 24.8 Å². The lowest BCUT2D eigenvalue weighted by Crippen LogP contribution is -2.48. The van der Waals surface area contributed by atoms with Crippen LogP contribution in [0.1, 0.15) is 54.2 Å². The van der Waals surface area contributed by atoms with Crippen LogP contribution in [-0.4, -0.2) is 43.9 Å². The van der Waals surface area contributed by atoms with E-state index in [4.69, 9.17) is 16.3 Å². The highest BCUT2D eigenvalue weighted by atomic mass is 35.5. The summed E-state index contributed by atoms with van der Waals surface area (Å²) in [7, 11) is -3.85. The summed E-state index contributed by atoms with van der Waals surface area (Å²) in [5.74, 6) is -0.307. The Balaban J connectivity index is 1.59. The molecule has 1 heterocycles. The SMILES string of the molecule is C[C@@H]1CN(S(=O)(=O)c2cc(C(=O)N[C@H]3CCCc4ccccc43)ccc2Cl)C[C@@H](C)O1. The third-order valence-electron chi connectivity index (χ3n) is 5.87. The number of nitrogens with one attached hydrogen (secondary N) is 1. The van der Waals surface area contributed by atoms with E-state index in [1.165, 1.54) is 22.0 Å². The molecule has 4 rings (SSSR count). The number of carbonyl (C=O) groups excluding carboxylic acids is 1. The van der Waals surface area contributed by atoms with Gasteiger partial charge in [0.2, 0.25) is 10.0 Å². The molecule has 1 N–H and O–H groups in total. The van der Waals surface area contributed by atoms with Gasteiger partial charge in [0.1, 0.15) is 4.90 Å². The number of morpholine rings is 1. The first kappa shape index (κ1) is 22.3. The van der Waals surface area contributed by atoms with Crippen LogP contribution in [0.5, 0.6) is 0 Å². The van der Waals surface area contributed by atoms with Crippen LogP contribution >= 0.6 is 11.6 Å². The third-order valence-corrected chi connectivity index (χ3v) is 8.19. The van der Waals surface area contributed by atoms with E-state index in [1.807, 2.05) is 32.0 Å². The number of hydrogen-bond acceptors (Lipinski definition) is 4. The van der Waals surface area contributed by atoms with Gasteiger partial charge in [0, 0.05) is 18.7 Å². The van der Waals surface area contributed by atoms with Crippen LogP contribution in [0.2, 0.25) is 5.02 Å². The molecule has 1 aliphatic carbocycles. The quantitative estimate of drug-likeness (QED) is 0.746. The highest BCUT2D eigenvalue weighted by Gasteiger charge is 2.34. The summed E-state index contributed by atoms with van der Waals surface area (Å²) < 4.78 is 33.6. The first-order valence-corrected chi connectivity index (χ1v) is 12.4. The average Bonchev–Trinajstić information content (AvgIpc) is 2.73. The first-order valence-electron chi connectivity index (χ1n) is 10.6. The molecule has 1 saturated heterocycles. The third kappa shape index (κ3) is 4.65. The zero-order valence-corrected chi connectivity index (χ0v) is 19.2. The predicted molar refractivity (Wildman–Crippen MR) is 120 cm³/mol. The Morgan fingerprint density at radius 2 is 1.84 bits per heavy atom. The van der Waals surface area contributed by atoms with E-state index in [-0.39, 0.29) is 52.7 Å². The molecule has 31 heavy (non-hydrogen) atoms. The van der Waals surface area contributed by atoms with Crippen molar-refractivity contribution in [3.63, 3.8) is 0 Å². The van der Waals surface area contributed by atoms with Crippen molar-refractivity contribution in [2.24, 2.45) is 0 Å². The number of ether oxygens (including phenoxy) is 1. The lowest BCUT2D eigenvalue weighted by molar-refractivity contribution is -0.0440. The molecule has 0 aromatic heterocycles. The van der Waals surface area contributed by atoms with E-state index in [1.54, 1.807) is 6.07 Å². The van der Waals surface area contributed by atoms with Crippen LogP contribution in [0, 0.1) is 0 Å². The monoisotopic (exact) mass is 462 g/mol. The maximum Gasteiger partial charge on any atom is 0.251 e. The fourth-order valence-electron chi connectivity index (χ4n) is 4.45. The van der Waals surface area contributed by atoms with Crippen LogP contribution < -0.4 is 5.32 Å². The van der Waals surface area contributed by atoms with Crippen molar-refractivity contribution in [2.45, 2.75) is 56.3 Å². The van der Waals surface area contributed by atoms with Crippen LogP contribution in [0.4, 0.5) is 0 Å². The molecule has 2 aromatic rings. The Hall–Kier alpha value is -1.93. The summed E-state index contributed by atoms with van der Waals surface area (Å²) in [6, 6.07) is 12.4. The van der Waals surface area contributed by atoms with Gasteiger partial charge in [-0.1, -0.05) is 35.9 Å². The molecule has 0 unspecified atom stereocenters. The number of benzene rings is 2. The highest BCUT2D eigenvalue weighted by Crippen LogP contribution is 2.31. The number of aryl methyl sites for hydroxylation is 1. The van der Waals surface area contributed by atoms with Crippen LogP contribution in [0.25, 0.3) is 0 Å². The minimum absolute atomic E-state index is 0.0489. The van der Waals surface area contributed by atoms with Gasteiger partial charge in [0.25, 0.3) is 5.91 Å². The number of fused-ring (bicyclic) bond motifs is 1. The number of nitrogens with zero attached hydrogens (tertiary/aromatic N) is 1. The van der Waals surface area contributed by atoms with Crippen molar-refractivity contribution in [1.29, 1.82) is 0 Å². The van der Waals surface area contributed by atoms with Crippen molar-refractivity contribution in [1.82, 2.24) is 9.62 Å². The largest absolute Gasteiger partial charge is 0.373 e. The van der Waals surface area contributed by atoms with Gasteiger partial charge in [-0.3, -0.25) is 4.79 Å². The Kier molecular flexibility index (Phi) is 6.40. The number of sulfonamides is 1. The number of amides is 1. The summed E-state index contributed by atoms with van der Waals surface area (Å²) in [4.78, 5) is 13.0. The predicted octanol–water partition coefficient (Wildman–Crippen LogP) is 3.95. The van der Waals surface area contributed by atoms with Gasteiger partial charge in [-0.25, -0.2) is 8.42 Å². The molecular formula is C23H27ClN2O4S. The molecule has 8 heteroatoms. The van der Waals surface area contributed by atoms with E-state index in [9.17, 15) is 13.2 Å². The Morgan fingerprint density at radius 3 is 2.58 bits per heavy atom. The molecule has 0 spiro atoms. The lowest BCUT2D eigenvalue weighted by Gasteiger charge is -2.34. The number of halogens is 1. The zero-order valence-electron chi connectivity index (χ0n) is 17.7. The normalized spacial score (nSPS) is 24.4. The van der Waals surface area contributed by atoms with Gasteiger partial charge >= 0.3 is 0 Å². The molecule has 0 saturated carbocycles. The minimum atomic E-state index is -3.85. The highest BCUT2D eigenvalue weighted by molar-refractivity contribution is 7.89. The molecule has 6 nitrogen and oxygen atoms in total. The Labute approximate surface area is 188 Å². The first-order chi connectivity index (χ1) is 14.8. The van der Waals surface area contributed by atoms with Gasteiger partial charge in [-0.2, -0.15) is 4.31 Å². The molecule has 1 amide bonds. The molecule has 0 radical (unpaired) electrons. The van der Waals surface area contributed by atoms with Crippen LogP contribution in [0.15, 0.2) is 47.4 Å². The van der Waals surface area contributed by atoms with E-state index in [0.29, 0.717) is 0 Å². The van der Waals surface area contributed by atoms with Gasteiger partial charge < -0.3 is 10.1 Å². The molecule has 0 bridgehead atoms. The second-order valence-corrected chi connectivity index (χ2v) is 10.7. The van der Waals surface area contributed by atoms with Crippen molar-refractivity contribution < 1.29 is 17.9 Å². The summed E-state index contributed by atoms with van der Waals surface area (Å²) >= 11 is 6.27. The van der Waals surface area contributed by atoms with Crippen molar-refractivity contribution >= 4 is 27.5 Å². The summed E-state index contributed by atoms with van der Waals surface area (Å²) in [6.45, 7) is 4.17. The van der Waals surface area contributed by atoms with Gasteiger partial charge in [0.15, 0.2) is 0 Å². The van der Waals surface area contributed by atoms with Crippen molar-refractivity contribution in [3.8, 4) is 0 Å². The summed E-state index contributed by atoms with van der Waals surface area (Å²) in [5.41, 5.74) is 2.65. The Morgan fingerprint density at radius 1 is 1.13 bits per heavy atom. The van der Waals surface area contributed by atoms with E-state index >= 15 is 0 Å². The van der Waals surface area contributed by atoms with Crippen molar-refractivity contribution in [3.05, 3.63) is 64.2 Å². The summed E-state index contributed by atoms with van der Waals surface area (Å²) in [6.07, 6.45) is 2.42. The molecule has 2 aromatic carbocycles. The molecule has 1 fully saturated rings. The molecule has 166 valence electrons. The second-order valence-electron chi connectivity index (χ2n) is 8.34. The smallest absolute Gasteiger partial charge is 0.251 e. The average molecular weight is 463 g/mol. The maximum absolute atomic E-state index is 13.3. The number of hydrogen-bond donors (Lipinski definition) is 1. The standard InChI is InChI=1S/C23H27ClN2O4S/c1-15-13-26(14-16(2)30-15)31(28,29)22-12-18(10-11-20(22)24)23(27)25-21-9-5-7-17-6-3-4-8-19(17)21/h3-4,6,8,10-12,15-16,21H,5,7,9,13-14H2,1-2H3,(H,25,27)/t15-,16-,21+/m1/s1. The molecule has 2 aliphatic rings. The summed E-state index contributed by atoms with van der Waals surface area (Å²) in [5, 5.41) is 3.18. The van der Waals surface area contributed by atoms with Gasteiger partial charge in [-0.15, -0.1) is 0 Å². The molecular weight excluding hydrogens is 436 g/mol. The molecule has 3 atom stereocenters. The topological polar surface area (TPSA) is 75.7 Å². The lowest BCUT2D eigenvalue weighted by atomic mass is 9.87. The van der Waals surface area contributed by atoms with Gasteiger partial charge in [-0.05, 0) is 62.4 Å². The Bertz CT molecular complexity index is 1080. The number of carbonyl (C=O) groups is 1. The van der Waals surface area contributed by atoms with Crippen LogP contribution in [-0.2, 0) is 21.2 Å². The zero-order chi connectivity index (χ0) is 22.2.